The average Bonchev–Trinajstić information content (AvgIpc) is 2.07. The summed E-state index contributed by atoms with van der Waals surface area (Å²) in [5, 5.41) is 10.5. The smallest absolute Gasteiger partial charge is 0.258 e. The first-order valence-electron chi connectivity index (χ1n) is 3.91. The third kappa shape index (κ3) is 3.09. The van der Waals surface area contributed by atoms with Gasteiger partial charge in [-0.3, -0.25) is 10.1 Å². The molecule has 0 radical (unpaired) electrons. The number of halogens is 4. The number of hydrogen-bond acceptors (Lipinski definition) is 3. The van der Waals surface area contributed by atoms with Crippen LogP contribution in [0.25, 0.3) is 0 Å². The molecule has 16 heavy (non-hydrogen) atoms. The Morgan fingerprint density at radius 2 is 1.94 bits per heavy atom. The Bertz CT molecular complexity index is 433. The van der Waals surface area contributed by atoms with Crippen molar-refractivity contribution in [3.8, 4) is 0 Å². The fourth-order valence-corrected chi connectivity index (χ4v) is 1.69. The number of hydrogen-bond donors (Lipinski definition) is 0. The van der Waals surface area contributed by atoms with Crippen LogP contribution >= 0.6 is 11.8 Å². The Labute approximate surface area is 91.6 Å². The molecule has 1 rings (SSSR count). The highest BCUT2D eigenvalue weighted by Gasteiger charge is 2.35. The second-order valence-corrected chi connectivity index (χ2v) is 3.98. The number of thioether (sulfide) groups is 1. The molecule has 1 aromatic rings. The number of nitro benzene ring substituents is 1. The van der Waals surface area contributed by atoms with Gasteiger partial charge in [-0.05, 0) is 30.3 Å². The minimum Gasteiger partial charge on any atom is -0.258 e. The minimum atomic E-state index is -4.76. The van der Waals surface area contributed by atoms with Crippen molar-refractivity contribution in [2.75, 3.05) is 0 Å². The van der Waals surface area contributed by atoms with Gasteiger partial charge in [0.05, 0.1) is 4.92 Å². The molecule has 0 unspecified atom stereocenters. The molecule has 0 aliphatic rings. The molecule has 0 aromatic heterocycles. The van der Waals surface area contributed by atoms with Crippen LogP contribution in [0.3, 0.4) is 0 Å². The molecule has 0 heterocycles. The van der Waals surface area contributed by atoms with Crippen LogP contribution in [0.5, 0.6) is 0 Å². The third-order valence-electron chi connectivity index (χ3n) is 1.58. The Morgan fingerprint density at radius 1 is 1.38 bits per heavy atom. The van der Waals surface area contributed by atoms with Crippen LogP contribution < -0.4 is 0 Å². The normalized spacial score (nSPS) is 11.6. The molecule has 8 heteroatoms. The van der Waals surface area contributed by atoms with Crippen molar-refractivity contribution in [2.45, 2.75) is 17.3 Å². The van der Waals surface area contributed by atoms with Gasteiger partial charge in [0.15, 0.2) is 0 Å². The second kappa shape index (κ2) is 4.28. The summed E-state index contributed by atoms with van der Waals surface area (Å²) in [6, 6.07) is 1.72. The summed E-state index contributed by atoms with van der Waals surface area (Å²) in [5.41, 5.74) is -5.45. The van der Waals surface area contributed by atoms with Crippen LogP contribution in [-0.4, -0.2) is 10.4 Å². The molecule has 0 amide bonds. The third-order valence-corrected chi connectivity index (χ3v) is 2.42. The van der Waals surface area contributed by atoms with Crippen LogP contribution in [0.1, 0.15) is 5.56 Å². The van der Waals surface area contributed by atoms with E-state index in [2.05, 4.69) is 0 Å². The van der Waals surface area contributed by atoms with Gasteiger partial charge >= 0.3 is 5.51 Å². The fourth-order valence-electron chi connectivity index (χ4n) is 1.06. The predicted molar refractivity (Wildman–Crippen MR) is 49.7 cm³/mol. The van der Waals surface area contributed by atoms with Gasteiger partial charge in [0, 0.05) is 6.07 Å². The number of nitro groups is 1. The molecular formula is C8H5F4NO2S. The van der Waals surface area contributed by atoms with Crippen molar-refractivity contribution in [3.63, 3.8) is 0 Å². The molecule has 0 bridgehead atoms. The van der Waals surface area contributed by atoms with E-state index in [9.17, 15) is 27.7 Å². The lowest BCUT2D eigenvalue weighted by molar-refractivity contribution is -0.388. The highest BCUT2D eigenvalue weighted by molar-refractivity contribution is 8.00. The Kier molecular flexibility index (Phi) is 3.41. The van der Waals surface area contributed by atoms with Crippen molar-refractivity contribution in [1.29, 1.82) is 0 Å². The van der Waals surface area contributed by atoms with Crippen LogP contribution in [-0.2, 0) is 0 Å². The van der Waals surface area contributed by atoms with Gasteiger partial charge in [-0.15, -0.1) is 0 Å². The van der Waals surface area contributed by atoms with E-state index in [0.717, 1.165) is 12.1 Å². The van der Waals surface area contributed by atoms with Crippen molar-refractivity contribution in [3.05, 3.63) is 33.6 Å². The van der Waals surface area contributed by atoms with E-state index >= 15 is 0 Å². The second-order valence-electron chi connectivity index (χ2n) is 2.90. The molecule has 0 aliphatic heterocycles. The zero-order valence-corrected chi connectivity index (χ0v) is 8.66. The summed E-state index contributed by atoms with van der Waals surface area (Å²) in [6.45, 7) is 1.36. The zero-order valence-electron chi connectivity index (χ0n) is 7.84. The summed E-state index contributed by atoms with van der Waals surface area (Å²) in [6.07, 6.45) is 0. The van der Waals surface area contributed by atoms with E-state index in [0.29, 0.717) is 0 Å². The largest absolute Gasteiger partial charge is 0.446 e. The summed E-state index contributed by atoms with van der Waals surface area (Å²) in [4.78, 5) is 8.42. The van der Waals surface area contributed by atoms with E-state index in [-0.39, 0.29) is 5.56 Å². The molecule has 88 valence electrons. The van der Waals surface area contributed by atoms with Gasteiger partial charge in [-0.25, -0.2) is 4.39 Å². The van der Waals surface area contributed by atoms with Gasteiger partial charge in [-0.2, -0.15) is 13.2 Å². The van der Waals surface area contributed by atoms with Crippen LogP contribution in [0.2, 0.25) is 0 Å². The van der Waals surface area contributed by atoms with Gasteiger partial charge in [0.1, 0.15) is 10.7 Å². The SMILES string of the molecule is Cc1cc(F)c(SC(F)(F)F)c([N+](=O)[O-])c1. The number of aryl methyl sites for hydroxylation is 1. The van der Waals surface area contributed by atoms with Crippen molar-refractivity contribution >= 4 is 17.4 Å². The molecule has 3 nitrogen and oxygen atoms in total. The molecule has 0 fully saturated rings. The van der Waals surface area contributed by atoms with Crippen molar-refractivity contribution in [1.82, 2.24) is 0 Å². The lowest BCUT2D eigenvalue weighted by Crippen LogP contribution is -2.03. The molecule has 0 spiro atoms. The molecule has 0 saturated carbocycles. The number of nitrogens with zero attached hydrogens (tertiary/aromatic N) is 1. The summed E-state index contributed by atoms with van der Waals surface area (Å²) in [5.74, 6) is -1.24. The van der Waals surface area contributed by atoms with Crippen LogP contribution in [0, 0.1) is 22.9 Å². The molecule has 0 atom stereocenters. The first-order chi connectivity index (χ1) is 7.20. The van der Waals surface area contributed by atoms with Crippen LogP contribution in [0.4, 0.5) is 23.2 Å². The van der Waals surface area contributed by atoms with Crippen molar-refractivity contribution in [2.24, 2.45) is 0 Å². The van der Waals surface area contributed by atoms with E-state index in [1.165, 1.54) is 6.92 Å². The van der Waals surface area contributed by atoms with Crippen LogP contribution in [0.15, 0.2) is 17.0 Å². The summed E-state index contributed by atoms with van der Waals surface area (Å²) < 4.78 is 49.3. The number of rotatable bonds is 2. The lowest BCUT2D eigenvalue weighted by Gasteiger charge is -2.07. The predicted octanol–water partition coefficient (Wildman–Crippen LogP) is 3.65. The maximum atomic E-state index is 13.2. The van der Waals surface area contributed by atoms with E-state index in [4.69, 9.17) is 0 Å². The standard InChI is InChI=1S/C8H5F4NO2S/c1-4-2-5(9)7(16-8(10,11)12)6(3-4)13(14)15/h2-3H,1H3. The molecule has 0 aliphatic carbocycles. The summed E-state index contributed by atoms with van der Waals surface area (Å²) >= 11 is -0.826. The Morgan fingerprint density at radius 3 is 2.38 bits per heavy atom. The molecule has 1 aromatic carbocycles. The van der Waals surface area contributed by atoms with E-state index < -0.39 is 38.6 Å². The topological polar surface area (TPSA) is 43.1 Å². The molecule has 0 N–H and O–H groups in total. The Hall–Kier alpha value is -1.31. The quantitative estimate of drug-likeness (QED) is 0.350. The zero-order chi connectivity index (χ0) is 12.5. The number of alkyl halides is 3. The Balaban J connectivity index is 3.30. The first kappa shape index (κ1) is 12.8. The van der Waals surface area contributed by atoms with Crippen molar-refractivity contribution < 1.29 is 22.5 Å². The van der Waals surface area contributed by atoms with Gasteiger partial charge in [0.2, 0.25) is 0 Å². The van der Waals surface area contributed by atoms with Gasteiger partial charge < -0.3 is 0 Å². The van der Waals surface area contributed by atoms with E-state index in [1.807, 2.05) is 0 Å². The minimum absolute atomic E-state index is 0.190. The fraction of sp³-hybridized carbons (Fsp3) is 0.250. The maximum Gasteiger partial charge on any atom is 0.446 e. The van der Waals surface area contributed by atoms with Gasteiger partial charge in [-0.1, -0.05) is 0 Å². The van der Waals surface area contributed by atoms with E-state index in [1.54, 1.807) is 0 Å². The maximum absolute atomic E-state index is 13.2. The average molecular weight is 255 g/mol. The van der Waals surface area contributed by atoms with Gasteiger partial charge in [0.25, 0.3) is 5.69 Å². The molecule has 0 saturated heterocycles. The first-order valence-corrected chi connectivity index (χ1v) is 4.72. The summed E-state index contributed by atoms with van der Waals surface area (Å²) in [7, 11) is 0. The highest BCUT2D eigenvalue weighted by atomic mass is 32.2. The monoisotopic (exact) mass is 255 g/mol. The lowest BCUT2D eigenvalue weighted by atomic mass is 10.2. The highest BCUT2D eigenvalue weighted by Crippen LogP contribution is 2.42. The molecular weight excluding hydrogens is 250 g/mol. The number of benzene rings is 1.